The number of hydrogen-bond acceptors (Lipinski definition) is 3. The van der Waals surface area contributed by atoms with Crippen LogP contribution in [-0.4, -0.2) is 32.9 Å². The maximum Gasteiger partial charge on any atom is 0.243 e. The first kappa shape index (κ1) is 15.0. The van der Waals surface area contributed by atoms with E-state index in [0.717, 1.165) is 17.7 Å². The Labute approximate surface area is 110 Å². The summed E-state index contributed by atoms with van der Waals surface area (Å²) >= 11 is 0. The van der Waals surface area contributed by atoms with E-state index >= 15 is 0 Å². The summed E-state index contributed by atoms with van der Waals surface area (Å²) in [5.74, 6) is 0.732. The van der Waals surface area contributed by atoms with Gasteiger partial charge in [-0.15, -0.1) is 0 Å². The Bertz CT molecular complexity index is 493. The van der Waals surface area contributed by atoms with Gasteiger partial charge in [0.05, 0.1) is 12.0 Å². The Morgan fingerprint density at radius 1 is 1.17 bits per heavy atom. The molecule has 0 saturated carbocycles. The van der Waals surface area contributed by atoms with E-state index < -0.39 is 10.0 Å². The summed E-state index contributed by atoms with van der Waals surface area (Å²) < 4.78 is 31.4. The van der Waals surface area contributed by atoms with Crippen molar-refractivity contribution < 1.29 is 13.2 Å². The number of benzene rings is 1. The highest BCUT2D eigenvalue weighted by Crippen LogP contribution is 2.24. The molecule has 102 valence electrons. The Hall–Kier alpha value is -1.07. The molecule has 18 heavy (non-hydrogen) atoms. The minimum Gasteiger partial charge on any atom is -0.496 e. The minimum atomic E-state index is -3.38. The number of ether oxygens (including phenoxy) is 1. The molecule has 0 amide bonds. The molecule has 5 heteroatoms. The Balaban J connectivity index is 3.25. The van der Waals surface area contributed by atoms with E-state index in [-0.39, 0.29) is 0 Å². The molecule has 0 aliphatic rings. The third kappa shape index (κ3) is 2.84. The van der Waals surface area contributed by atoms with Crippen LogP contribution in [0.4, 0.5) is 0 Å². The van der Waals surface area contributed by atoms with Crippen molar-refractivity contribution >= 4 is 10.0 Å². The molecule has 0 spiro atoms. The van der Waals surface area contributed by atoms with Crippen molar-refractivity contribution in [3.05, 3.63) is 23.8 Å². The highest BCUT2D eigenvalue weighted by atomic mass is 32.2. The van der Waals surface area contributed by atoms with Gasteiger partial charge in [-0.25, -0.2) is 8.42 Å². The van der Waals surface area contributed by atoms with Crippen molar-refractivity contribution in [3.8, 4) is 5.75 Å². The van der Waals surface area contributed by atoms with Crippen molar-refractivity contribution in [1.29, 1.82) is 0 Å². The molecule has 0 bridgehead atoms. The number of nitrogens with zero attached hydrogens (tertiary/aromatic N) is 1. The lowest BCUT2D eigenvalue weighted by Gasteiger charge is -2.19. The highest BCUT2D eigenvalue weighted by Gasteiger charge is 2.22. The lowest BCUT2D eigenvalue weighted by molar-refractivity contribution is 0.409. The first-order valence-corrected chi connectivity index (χ1v) is 7.62. The first-order chi connectivity index (χ1) is 8.51. The van der Waals surface area contributed by atoms with E-state index in [4.69, 9.17) is 4.74 Å². The molecule has 0 saturated heterocycles. The monoisotopic (exact) mass is 271 g/mol. The second kappa shape index (κ2) is 6.20. The van der Waals surface area contributed by atoms with Gasteiger partial charge in [-0.05, 0) is 30.2 Å². The van der Waals surface area contributed by atoms with Gasteiger partial charge in [-0.3, -0.25) is 0 Å². The molecule has 0 aromatic heterocycles. The van der Waals surface area contributed by atoms with Crippen LogP contribution < -0.4 is 4.74 Å². The average molecular weight is 271 g/mol. The Morgan fingerprint density at radius 3 is 2.22 bits per heavy atom. The van der Waals surface area contributed by atoms with Crippen molar-refractivity contribution in [1.82, 2.24) is 4.31 Å². The molecule has 1 aromatic rings. The molecule has 0 radical (unpaired) electrons. The van der Waals surface area contributed by atoms with Gasteiger partial charge in [-0.2, -0.15) is 4.31 Å². The summed E-state index contributed by atoms with van der Waals surface area (Å²) in [6.45, 7) is 6.61. The van der Waals surface area contributed by atoms with Crippen LogP contribution in [0.3, 0.4) is 0 Å². The van der Waals surface area contributed by atoms with E-state index in [1.54, 1.807) is 25.3 Å². The minimum absolute atomic E-state index is 0.337. The molecule has 0 aliphatic carbocycles. The van der Waals surface area contributed by atoms with E-state index in [1.165, 1.54) is 4.31 Å². The fourth-order valence-corrected chi connectivity index (χ4v) is 3.41. The number of rotatable bonds is 6. The molecule has 0 N–H and O–H groups in total. The lowest BCUT2D eigenvalue weighted by atomic mass is 10.1. The van der Waals surface area contributed by atoms with Crippen molar-refractivity contribution in [2.75, 3.05) is 20.2 Å². The van der Waals surface area contributed by atoms with Gasteiger partial charge < -0.3 is 4.74 Å². The summed E-state index contributed by atoms with van der Waals surface area (Å²) in [5.41, 5.74) is 0.908. The van der Waals surface area contributed by atoms with Crippen LogP contribution in [-0.2, 0) is 16.4 Å². The van der Waals surface area contributed by atoms with Gasteiger partial charge in [0.15, 0.2) is 0 Å². The van der Waals surface area contributed by atoms with Crippen LogP contribution in [0.2, 0.25) is 0 Å². The third-order valence-electron chi connectivity index (χ3n) is 2.98. The number of methoxy groups -OCH3 is 1. The highest BCUT2D eigenvalue weighted by molar-refractivity contribution is 7.89. The smallest absolute Gasteiger partial charge is 0.243 e. The molecule has 0 heterocycles. The Kier molecular flexibility index (Phi) is 5.16. The first-order valence-electron chi connectivity index (χ1n) is 6.18. The largest absolute Gasteiger partial charge is 0.496 e. The summed E-state index contributed by atoms with van der Waals surface area (Å²) in [5, 5.41) is 0. The Morgan fingerprint density at radius 2 is 1.78 bits per heavy atom. The van der Waals surface area contributed by atoms with Crippen LogP contribution in [0.5, 0.6) is 5.75 Å². The van der Waals surface area contributed by atoms with E-state index in [1.807, 2.05) is 20.8 Å². The third-order valence-corrected chi connectivity index (χ3v) is 5.02. The topological polar surface area (TPSA) is 46.6 Å². The normalized spacial score (nSPS) is 11.8. The molecular weight excluding hydrogens is 250 g/mol. The average Bonchev–Trinajstić information content (AvgIpc) is 2.38. The number of aryl methyl sites for hydroxylation is 1. The summed E-state index contributed by atoms with van der Waals surface area (Å²) in [7, 11) is -1.79. The summed E-state index contributed by atoms with van der Waals surface area (Å²) in [6, 6.07) is 5.02. The van der Waals surface area contributed by atoms with Crippen molar-refractivity contribution in [2.45, 2.75) is 32.1 Å². The molecule has 0 atom stereocenters. The maximum absolute atomic E-state index is 12.3. The van der Waals surface area contributed by atoms with E-state index in [9.17, 15) is 8.42 Å². The second-order valence-corrected chi connectivity index (χ2v) is 5.85. The zero-order valence-electron chi connectivity index (χ0n) is 11.4. The van der Waals surface area contributed by atoms with E-state index in [2.05, 4.69) is 0 Å². The van der Waals surface area contributed by atoms with Gasteiger partial charge in [0.1, 0.15) is 5.75 Å². The molecule has 0 fully saturated rings. The fourth-order valence-electron chi connectivity index (χ4n) is 1.90. The molecule has 0 aliphatic heterocycles. The van der Waals surface area contributed by atoms with Crippen LogP contribution in [0.15, 0.2) is 23.1 Å². The molecular formula is C13H21NO3S. The van der Waals surface area contributed by atoms with Gasteiger partial charge in [0, 0.05) is 13.1 Å². The van der Waals surface area contributed by atoms with Crippen LogP contribution in [0.25, 0.3) is 0 Å². The van der Waals surface area contributed by atoms with Gasteiger partial charge >= 0.3 is 0 Å². The SMILES string of the molecule is CCc1cc(S(=O)(=O)N(CC)CC)ccc1OC. The second-order valence-electron chi connectivity index (χ2n) is 3.92. The van der Waals surface area contributed by atoms with Crippen LogP contribution in [0, 0.1) is 0 Å². The summed E-state index contributed by atoms with van der Waals surface area (Å²) in [4.78, 5) is 0.337. The van der Waals surface area contributed by atoms with Crippen molar-refractivity contribution in [3.63, 3.8) is 0 Å². The van der Waals surface area contributed by atoms with Crippen molar-refractivity contribution in [2.24, 2.45) is 0 Å². The van der Waals surface area contributed by atoms with E-state index in [0.29, 0.717) is 18.0 Å². The maximum atomic E-state index is 12.3. The molecule has 1 rings (SSSR count). The predicted molar refractivity (Wildman–Crippen MR) is 72.5 cm³/mol. The molecule has 1 aromatic carbocycles. The van der Waals surface area contributed by atoms with Crippen LogP contribution >= 0.6 is 0 Å². The quantitative estimate of drug-likeness (QED) is 0.797. The number of hydrogen-bond donors (Lipinski definition) is 0. The predicted octanol–water partition coefficient (Wildman–Crippen LogP) is 2.29. The van der Waals surface area contributed by atoms with Gasteiger partial charge in [-0.1, -0.05) is 20.8 Å². The zero-order valence-corrected chi connectivity index (χ0v) is 12.3. The number of sulfonamides is 1. The molecule has 0 unspecified atom stereocenters. The zero-order chi connectivity index (χ0) is 13.8. The lowest BCUT2D eigenvalue weighted by Crippen LogP contribution is -2.30. The molecule has 4 nitrogen and oxygen atoms in total. The fraction of sp³-hybridized carbons (Fsp3) is 0.538. The standard InChI is InChI=1S/C13H21NO3S/c1-5-11-10-12(8-9-13(11)17-4)18(15,16)14(6-2)7-3/h8-10H,5-7H2,1-4H3. The van der Waals surface area contributed by atoms with Gasteiger partial charge in [0.2, 0.25) is 10.0 Å². The summed E-state index contributed by atoms with van der Waals surface area (Å²) in [6.07, 6.45) is 0.741. The van der Waals surface area contributed by atoms with Gasteiger partial charge in [0.25, 0.3) is 0 Å². The van der Waals surface area contributed by atoms with Crippen LogP contribution in [0.1, 0.15) is 26.3 Å².